The number of H-pyrrole nitrogens is 1. The molecule has 0 bridgehead atoms. The minimum absolute atomic E-state index is 0.383. The van der Waals surface area contributed by atoms with E-state index in [1.165, 1.54) is 17.5 Å². The highest BCUT2D eigenvalue weighted by Crippen LogP contribution is 2.25. The number of benzene rings is 1. The van der Waals surface area contributed by atoms with Gasteiger partial charge in [0.2, 0.25) is 0 Å². The Morgan fingerprint density at radius 1 is 1.21 bits per heavy atom. The summed E-state index contributed by atoms with van der Waals surface area (Å²) in [7, 11) is 0. The minimum Gasteiger partial charge on any atom is -0.454 e. The third-order valence-electron chi connectivity index (χ3n) is 3.66. The smallest absolute Gasteiger partial charge is 0.328 e. The van der Waals surface area contributed by atoms with Crippen LogP contribution in [0, 0.1) is 6.92 Å². The van der Waals surface area contributed by atoms with Gasteiger partial charge in [-0.15, -0.1) is 11.3 Å². The number of rotatable bonds is 6. The molecule has 0 aliphatic rings. The topological polar surface area (TPSA) is 123 Å². The summed E-state index contributed by atoms with van der Waals surface area (Å²) >= 11 is 1.25. The highest BCUT2D eigenvalue weighted by Gasteiger charge is 2.12. The number of amides is 1. The van der Waals surface area contributed by atoms with Gasteiger partial charge < -0.3 is 4.74 Å². The average Bonchev–Trinajstić information content (AvgIpc) is 3.11. The molecule has 0 atom stereocenters. The molecule has 0 unspecified atom stereocenters. The number of carbonyl (C=O) groups is 2. The zero-order valence-corrected chi connectivity index (χ0v) is 15.6. The van der Waals surface area contributed by atoms with E-state index in [2.05, 4.69) is 10.3 Å². The lowest BCUT2D eigenvalue weighted by molar-refractivity contribution is -0.148. The van der Waals surface area contributed by atoms with Crippen molar-refractivity contribution in [3.63, 3.8) is 0 Å². The van der Waals surface area contributed by atoms with E-state index < -0.39 is 36.3 Å². The minimum atomic E-state index is -0.788. The van der Waals surface area contributed by atoms with Crippen LogP contribution in [0.2, 0.25) is 0 Å². The van der Waals surface area contributed by atoms with Gasteiger partial charge in [0, 0.05) is 23.2 Å². The second-order valence-electron chi connectivity index (χ2n) is 5.85. The van der Waals surface area contributed by atoms with Gasteiger partial charge in [0.1, 0.15) is 6.54 Å². The average molecular weight is 400 g/mol. The number of thiazole rings is 1. The van der Waals surface area contributed by atoms with E-state index in [0.29, 0.717) is 5.13 Å². The molecular weight excluding hydrogens is 384 g/mol. The first-order valence-corrected chi connectivity index (χ1v) is 9.06. The van der Waals surface area contributed by atoms with Crippen LogP contribution in [0.15, 0.2) is 51.5 Å². The molecule has 1 amide bonds. The van der Waals surface area contributed by atoms with Crippen LogP contribution in [0.3, 0.4) is 0 Å². The Morgan fingerprint density at radius 2 is 1.96 bits per heavy atom. The van der Waals surface area contributed by atoms with E-state index in [1.807, 2.05) is 41.6 Å². The summed E-state index contributed by atoms with van der Waals surface area (Å²) in [5.41, 5.74) is 1.50. The van der Waals surface area contributed by atoms with Gasteiger partial charge in [-0.25, -0.2) is 9.78 Å². The highest BCUT2D eigenvalue weighted by molar-refractivity contribution is 7.14. The molecule has 0 saturated carbocycles. The maximum absolute atomic E-state index is 11.9. The van der Waals surface area contributed by atoms with Crippen molar-refractivity contribution in [2.45, 2.75) is 13.5 Å². The quantitative estimate of drug-likeness (QED) is 0.599. The van der Waals surface area contributed by atoms with E-state index in [9.17, 15) is 19.2 Å². The van der Waals surface area contributed by atoms with Crippen molar-refractivity contribution in [1.82, 2.24) is 14.5 Å². The molecule has 0 fully saturated rings. The zero-order valence-electron chi connectivity index (χ0n) is 14.8. The van der Waals surface area contributed by atoms with E-state index in [-0.39, 0.29) is 0 Å². The van der Waals surface area contributed by atoms with Gasteiger partial charge in [0.15, 0.2) is 11.7 Å². The highest BCUT2D eigenvalue weighted by atomic mass is 32.1. The molecule has 2 heterocycles. The number of hydrogen-bond acceptors (Lipinski definition) is 7. The van der Waals surface area contributed by atoms with Crippen LogP contribution in [0.25, 0.3) is 11.3 Å². The van der Waals surface area contributed by atoms with E-state index in [1.54, 1.807) is 0 Å². The fraction of sp³-hybridized carbons (Fsp3) is 0.167. The number of nitrogens with zero attached hydrogens (tertiary/aromatic N) is 2. The third kappa shape index (κ3) is 5.01. The normalized spacial score (nSPS) is 10.5. The van der Waals surface area contributed by atoms with Crippen LogP contribution >= 0.6 is 11.3 Å². The van der Waals surface area contributed by atoms with Gasteiger partial charge in [-0.2, -0.15) is 0 Å². The van der Waals surface area contributed by atoms with Crippen molar-refractivity contribution < 1.29 is 14.3 Å². The Labute approximate surface area is 162 Å². The zero-order chi connectivity index (χ0) is 20.1. The Kier molecular flexibility index (Phi) is 5.80. The molecule has 3 aromatic rings. The summed E-state index contributed by atoms with van der Waals surface area (Å²) in [5.74, 6) is -1.34. The van der Waals surface area contributed by atoms with Crippen molar-refractivity contribution in [3.05, 3.63) is 68.3 Å². The van der Waals surface area contributed by atoms with Crippen molar-refractivity contribution >= 4 is 28.3 Å². The molecule has 1 aromatic carbocycles. The Balaban J connectivity index is 1.51. The van der Waals surface area contributed by atoms with Gasteiger partial charge in [-0.3, -0.25) is 29.3 Å². The Bertz CT molecular complexity index is 1110. The third-order valence-corrected chi connectivity index (χ3v) is 4.42. The van der Waals surface area contributed by atoms with Crippen molar-refractivity contribution in [2.24, 2.45) is 0 Å². The fourth-order valence-electron chi connectivity index (χ4n) is 2.24. The van der Waals surface area contributed by atoms with Crippen LogP contribution in [0.1, 0.15) is 5.56 Å². The maximum Gasteiger partial charge on any atom is 0.328 e. The van der Waals surface area contributed by atoms with Crippen molar-refractivity contribution in [1.29, 1.82) is 0 Å². The molecule has 0 spiro atoms. The lowest BCUT2D eigenvalue weighted by Crippen LogP contribution is -2.32. The van der Waals surface area contributed by atoms with E-state index in [4.69, 9.17) is 4.74 Å². The summed E-state index contributed by atoms with van der Waals surface area (Å²) in [4.78, 5) is 52.5. The number of hydrogen-bond donors (Lipinski definition) is 2. The number of aromatic nitrogens is 3. The number of carbonyl (C=O) groups excluding carboxylic acids is 2. The van der Waals surface area contributed by atoms with Crippen LogP contribution < -0.4 is 16.6 Å². The lowest BCUT2D eigenvalue weighted by Gasteiger charge is -2.06. The van der Waals surface area contributed by atoms with Crippen LogP contribution in [-0.4, -0.2) is 33.0 Å². The van der Waals surface area contributed by atoms with E-state index in [0.717, 1.165) is 27.5 Å². The summed E-state index contributed by atoms with van der Waals surface area (Å²) < 4.78 is 5.81. The van der Waals surface area contributed by atoms with Gasteiger partial charge >= 0.3 is 11.7 Å². The molecule has 10 heteroatoms. The van der Waals surface area contributed by atoms with Crippen molar-refractivity contribution in [3.8, 4) is 11.3 Å². The molecule has 0 aliphatic heterocycles. The number of nitrogens with one attached hydrogen (secondary N) is 2. The molecular formula is C18H16N4O5S. The molecule has 0 saturated heterocycles. The molecule has 0 radical (unpaired) electrons. The molecule has 144 valence electrons. The Hall–Kier alpha value is -3.53. The predicted octanol–water partition coefficient (Wildman–Crippen LogP) is 1.15. The van der Waals surface area contributed by atoms with Gasteiger partial charge in [-0.05, 0) is 6.92 Å². The van der Waals surface area contributed by atoms with Crippen LogP contribution in [0.5, 0.6) is 0 Å². The SMILES string of the molecule is Cc1ccc(-c2csc(NC(=O)COC(=O)Cn3ccc(=O)[nH]c3=O)n2)cc1. The molecule has 28 heavy (non-hydrogen) atoms. The summed E-state index contributed by atoms with van der Waals surface area (Å²) in [6, 6.07) is 8.93. The first kappa shape index (κ1) is 19.2. The largest absolute Gasteiger partial charge is 0.454 e. The number of anilines is 1. The standard InChI is InChI=1S/C18H16N4O5S/c1-11-2-4-12(5-3-11)13-10-28-17(19-13)20-15(24)9-27-16(25)8-22-7-6-14(23)21-18(22)26/h2-7,10H,8-9H2,1H3,(H,19,20,24)(H,21,23,26). The fourth-order valence-corrected chi connectivity index (χ4v) is 2.98. The molecule has 2 N–H and O–H groups in total. The molecule has 9 nitrogen and oxygen atoms in total. The number of aromatic amines is 1. The number of ether oxygens (including phenoxy) is 1. The maximum atomic E-state index is 11.9. The van der Waals surface area contributed by atoms with Gasteiger partial charge in [-0.1, -0.05) is 29.8 Å². The van der Waals surface area contributed by atoms with Crippen molar-refractivity contribution in [2.75, 3.05) is 11.9 Å². The van der Waals surface area contributed by atoms with Crippen LogP contribution in [-0.2, 0) is 20.9 Å². The first-order valence-electron chi connectivity index (χ1n) is 8.18. The second-order valence-corrected chi connectivity index (χ2v) is 6.71. The van der Waals surface area contributed by atoms with Crippen LogP contribution in [0.4, 0.5) is 5.13 Å². The lowest BCUT2D eigenvalue weighted by atomic mass is 10.1. The first-order chi connectivity index (χ1) is 13.4. The summed E-state index contributed by atoms with van der Waals surface area (Å²) in [6.07, 6.45) is 1.17. The second kappa shape index (κ2) is 8.44. The van der Waals surface area contributed by atoms with Gasteiger partial charge in [0.05, 0.1) is 5.69 Å². The number of aryl methyl sites for hydroxylation is 1. The monoisotopic (exact) mass is 400 g/mol. The predicted molar refractivity (Wildman–Crippen MR) is 103 cm³/mol. The summed E-state index contributed by atoms with van der Waals surface area (Å²) in [5, 5.41) is 4.75. The summed E-state index contributed by atoms with van der Waals surface area (Å²) in [6.45, 7) is 1.05. The molecule has 3 rings (SSSR count). The Morgan fingerprint density at radius 3 is 2.68 bits per heavy atom. The molecule has 0 aliphatic carbocycles. The van der Waals surface area contributed by atoms with E-state index >= 15 is 0 Å². The molecule has 2 aromatic heterocycles. The van der Waals surface area contributed by atoms with Gasteiger partial charge in [0.25, 0.3) is 11.5 Å². The number of esters is 1.